The second-order valence-electron chi connectivity index (χ2n) is 3.38. The van der Waals surface area contributed by atoms with Gasteiger partial charge in [-0.2, -0.15) is 5.26 Å². The van der Waals surface area contributed by atoms with E-state index in [4.69, 9.17) is 10.00 Å². The summed E-state index contributed by atoms with van der Waals surface area (Å²) in [6.07, 6.45) is 0.367. The average Bonchev–Trinajstić information content (AvgIpc) is 2.29. The van der Waals surface area contributed by atoms with Crippen LogP contribution >= 0.6 is 0 Å². The summed E-state index contributed by atoms with van der Waals surface area (Å²) in [6.45, 7) is 4.90. The predicted octanol–water partition coefficient (Wildman–Crippen LogP) is -0.263. The van der Waals surface area contributed by atoms with Crippen molar-refractivity contribution < 1.29 is 9.53 Å². The minimum Gasteiger partial charge on any atom is -0.381 e. The van der Waals surface area contributed by atoms with Crippen LogP contribution in [0.1, 0.15) is 13.3 Å². The van der Waals surface area contributed by atoms with Crippen molar-refractivity contribution in [2.24, 2.45) is 0 Å². The molecule has 0 aromatic heterocycles. The lowest BCUT2D eigenvalue weighted by Gasteiger charge is -2.32. The van der Waals surface area contributed by atoms with Crippen molar-refractivity contribution in [2.45, 2.75) is 19.4 Å². The number of nitriles is 1. The maximum atomic E-state index is 11.7. The summed E-state index contributed by atoms with van der Waals surface area (Å²) in [4.78, 5) is 13.3. The normalized spacial score (nSPS) is 21.1. The summed E-state index contributed by atoms with van der Waals surface area (Å²) in [6, 6.07) is 1.80. The highest BCUT2D eigenvalue weighted by Crippen LogP contribution is 2.04. The van der Waals surface area contributed by atoms with Crippen molar-refractivity contribution in [1.29, 1.82) is 5.26 Å². The van der Waals surface area contributed by atoms with Gasteiger partial charge in [-0.3, -0.25) is 4.79 Å². The fourth-order valence-corrected chi connectivity index (χ4v) is 1.57. The van der Waals surface area contributed by atoms with Crippen molar-refractivity contribution in [3.63, 3.8) is 0 Å². The van der Waals surface area contributed by atoms with Crippen molar-refractivity contribution in [3.8, 4) is 6.07 Å². The Bertz CT molecular complexity index is 250. The molecule has 0 spiro atoms. The zero-order chi connectivity index (χ0) is 11.1. The highest BCUT2D eigenvalue weighted by Gasteiger charge is 2.25. The number of amides is 1. The van der Waals surface area contributed by atoms with E-state index in [1.165, 1.54) is 0 Å². The van der Waals surface area contributed by atoms with E-state index < -0.39 is 0 Å². The number of nitrogens with one attached hydrogen (secondary N) is 1. The molecule has 1 aliphatic rings. The first kappa shape index (κ1) is 12.0. The highest BCUT2D eigenvalue weighted by atomic mass is 16.5. The minimum absolute atomic E-state index is 0.0106. The zero-order valence-corrected chi connectivity index (χ0v) is 9.03. The standard InChI is InChI=1S/C10H17N3O2/c1-2-15-6-3-10(14)13-5-4-12-8-9(13)7-11/h9,12H,2-6,8H2,1H3. The molecule has 1 N–H and O–H groups in total. The van der Waals surface area contributed by atoms with Crippen LogP contribution in [0.3, 0.4) is 0 Å². The van der Waals surface area contributed by atoms with Gasteiger partial charge in [-0.05, 0) is 6.92 Å². The van der Waals surface area contributed by atoms with E-state index in [9.17, 15) is 4.79 Å². The monoisotopic (exact) mass is 211 g/mol. The van der Waals surface area contributed by atoms with E-state index in [1.807, 2.05) is 6.92 Å². The Morgan fingerprint density at radius 2 is 2.53 bits per heavy atom. The van der Waals surface area contributed by atoms with Gasteiger partial charge in [0.2, 0.25) is 5.91 Å². The number of rotatable bonds is 4. The first-order valence-corrected chi connectivity index (χ1v) is 5.27. The summed E-state index contributed by atoms with van der Waals surface area (Å²) in [5.74, 6) is 0.0106. The zero-order valence-electron chi connectivity index (χ0n) is 9.03. The van der Waals surface area contributed by atoms with Gasteiger partial charge in [0, 0.05) is 26.2 Å². The molecule has 1 fully saturated rings. The Hall–Kier alpha value is -1.12. The van der Waals surface area contributed by atoms with Crippen molar-refractivity contribution in [2.75, 3.05) is 32.8 Å². The minimum atomic E-state index is -0.326. The molecule has 0 aromatic carbocycles. The number of hydrogen-bond donors (Lipinski definition) is 1. The molecule has 0 aliphatic carbocycles. The van der Waals surface area contributed by atoms with Gasteiger partial charge in [0.15, 0.2) is 0 Å². The molecule has 1 rings (SSSR count). The molecule has 0 aromatic rings. The van der Waals surface area contributed by atoms with Crippen LogP contribution in [0.4, 0.5) is 0 Å². The Balaban J connectivity index is 2.39. The third-order valence-electron chi connectivity index (χ3n) is 2.38. The lowest BCUT2D eigenvalue weighted by Crippen LogP contribution is -2.53. The van der Waals surface area contributed by atoms with E-state index in [-0.39, 0.29) is 11.9 Å². The summed E-state index contributed by atoms with van der Waals surface area (Å²) in [5, 5.41) is 12.0. The van der Waals surface area contributed by atoms with E-state index in [0.29, 0.717) is 32.7 Å². The van der Waals surface area contributed by atoms with E-state index in [0.717, 1.165) is 6.54 Å². The van der Waals surface area contributed by atoms with Crippen molar-refractivity contribution >= 4 is 5.91 Å². The topological polar surface area (TPSA) is 65.4 Å². The van der Waals surface area contributed by atoms with Gasteiger partial charge >= 0.3 is 0 Å². The van der Waals surface area contributed by atoms with Crippen LogP contribution in [-0.2, 0) is 9.53 Å². The number of carbonyl (C=O) groups excluding carboxylic acids is 1. The molecular weight excluding hydrogens is 194 g/mol. The van der Waals surface area contributed by atoms with Crippen LogP contribution in [0.5, 0.6) is 0 Å². The van der Waals surface area contributed by atoms with Gasteiger partial charge < -0.3 is 15.0 Å². The SMILES string of the molecule is CCOCCC(=O)N1CCNCC1C#N. The first-order chi connectivity index (χ1) is 7.29. The molecule has 1 unspecified atom stereocenters. The van der Waals surface area contributed by atoms with Gasteiger partial charge in [-0.15, -0.1) is 0 Å². The molecule has 5 heteroatoms. The Labute approximate surface area is 90.0 Å². The third-order valence-corrected chi connectivity index (χ3v) is 2.38. The quantitative estimate of drug-likeness (QED) is 0.650. The Morgan fingerprint density at radius 3 is 3.20 bits per heavy atom. The van der Waals surface area contributed by atoms with Crippen LogP contribution in [0, 0.1) is 11.3 Å². The maximum Gasteiger partial charge on any atom is 0.226 e. The van der Waals surface area contributed by atoms with Gasteiger partial charge in [0.25, 0.3) is 0 Å². The lowest BCUT2D eigenvalue weighted by atomic mass is 10.2. The predicted molar refractivity (Wildman–Crippen MR) is 55.1 cm³/mol. The number of carbonyl (C=O) groups is 1. The molecule has 0 bridgehead atoms. The highest BCUT2D eigenvalue weighted by molar-refractivity contribution is 5.77. The molecule has 1 atom stereocenters. The van der Waals surface area contributed by atoms with Crippen molar-refractivity contribution in [1.82, 2.24) is 10.2 Å². The fourth-order valence-electron chi connectivity index (χ4n) is 1.57. The second-order valence-corrected chi connectivity index (χ2v) is 3.38. The van der Waals surface area contributed by atoms with Crippen LogP contribution in [-0.4, -0.2) is 49.7 Å². The van der Waals surface area contributed by atoms with Crippen LogP contribution in [0.25, 0.3) is 0 Å². The molecule has 1 aliphatic heterocycles. The smallest absolute Gasteiger partial charge is 0.226 e. The molecule has 0 radical (unpaired) electrons. The average molecular weight is 211 g/mol. The molecule has 1 amide bonds. The van der Waals surface area contributed by atoms with Crippen molar-refractivity contribution in [3.05, 3.63) is 0 Å². The van der Waals surface area contributed by atoms with E-state index in [2.05, 4.69) is 11.4 Å². The lowest BCUT2D eigenvalue weighted by molar-refractivity contribution is -0.134. The van der Waals surface area contributed by atoms with Crippen LogP contribution in [0.15, 0.2) is 0 Å². The number of piperazine rings is 1. The van der Waals surface area contributed by atoms with E-state index >= 15 is 0 Å². The third kappa shape index (κ3) is 3.50. The summed E-state index contributed by atoms with van der Waals surface area (Å²) in [5.41, 5.74) is 0. The molecule has 15 heavy (non-hydrogen) atoms. The number of ether oxygens (including phenoxy) is 1. The van der Waals surface area contributed by atoms with Gasteiger partial charge in [0.1, 0.15) is 6.04 Å². The Morgan fingerprint density at radius 1 is 1.73 bits per heavy atom. The largest absolute Gasteiger partial charge is 0.381 e. The van der Waals surface area contributed by atoms with Crippen LogP contribution in [0.2, 0.25) is 0 Å². The summed E-state index contributed by atoms with van der Waals surface area (Å²) >= 11 is 0. The van der Waals surface area contributed by atoms with E-state index in [1.54, 1.807) is 4.90 Å². The number of hydrogen-bond acceptors (Lipinski definition) is 4. The number of nitrogens with zero attached hydrogens (tertiary/aromatic N) is 2. The second kappa shape index (κ2) is 6.38. The molecule has 84 valence electrons. The maximum absolute atomic E-state index is 11.7. The molecule has 1 heterocycles. The molecule has 1 saturated heterocycles. The first-order valence-electron chi connectivity index (χ1n) is 5.27. The Kier molecular flexibility index (Phi) is 5.08. The molecule has 5 nitrogen and oxygen atoms in total. The van der Waals surface area contributed by atoms with Gasteiger partial charge in [-0.1, -0.05) is 0 Å². The molecule has 0 saturated carbocycles. The van der Waals surface area contributed by atoms with Gasteiger partial charge in [0.05, 0.1) is 19.1 Å². The van der Waals surface area contributed by atoms with Crippen LogP contribution < -0.4 is 5.32 Å². The fraction of sp³-hybridized carbons (Fsp3) is 0.800. The molecular formula is C10H17N3O2. The summed E-state index contributed by atoms with van der Waals surface area (Å²) in [7, 11) is 0. The summed E-state index contributed by atoms with van der Waals surface area (Å²) < 4.78 is 5.12. The van der Waals surface area contributed by atoms with Gasteiger partial charge in [-0.25, -0.2) is 0 Å².